The van der Waals surface area contributed by atoms with E-state index < -0.39 is 0 Å². The molecule has 0 radical (unpaired) electrons. The van der Waals surface area contributed by atoms with Gasteiger partial charge in [0.05, 0.1) is 0 Å². The number of benzene rings is 3. The minimum Gasteiger partial charge on any atom is -0.388 e. The highest BCUT2D eigenvalue weighted by atomic mass is 14.8. The molecule has 0 saturated heterocycles. The third-order valence-electron chi connectivity index (χ3n) is 3.53. The molecule has 1 heteroatoms. The van der Waals surface area contributed by atoms with Crippen LogP contribution in [0.5, 0.6) is 0 Å². The standard InChI is InChI=1S/C18H17N/c1-19-18-12-11-15-9-5-6-10-16(15)17(18)13-14-7-3-2-4-8-14/h2-12,19H,13H2,1H3. The Hall–Kier alpha value is -2.28. The van der Waals surface area contributed by atoms with Crippen molar-refractivity contribution in [3.8, 4) is 0 Å². The molecule has 19 heavy (non-hydrogen) atoms. The van der Waals surface area contributed by atoms with Crippen LogP contribution in [0.15, 0.2) is 66.7 Å². The summed E-state index contributed by atoms with van der Waals surface area (Å²) >= 11 is 0. The van der Waals surface area contributed by atoms with Crippen LogP contribution in [0.25, 0.3) is 10.8 Å². The van der Waals surface area contributed by atoms with E-state index in [0.29, 0.717) is 0 Å². The molecule has 3 aromatic rings. The molecule has 0 aromatic heterocycles. The third-order valence-corrected chi connectivity index (χ3v) is 3.53. The van der Waals surface area contributed by atoms with Gasteiger partial charge in [0.25, 0.3) is 0 Å². The maximum atomic E-state index is 3.31. The molecule has 0 heterocycles. The molecule has 0 bridgehead atoms. The Kier molecular flexibility index (Phi) is 3.20. The zero-order valence-electron chi connectivity index (χ0n) is 11.1. The molecule has 0 saturated carbocycles. The molecule has 3 rings (SSSR count). The molecule has 0 aliphatic rings. The van der Waals surface area contributed by atoms with Gasteiger partial charge in [-0.3, -0.25) is 0 Å². The van der Waals surface area contributed by atoms with Gasteiger partial charge in [-0.2, -0.15) is 0 Å². The van der Waals surface area contributed by atoms with Crippen molar-refractivity contribution >= 4 is 16.5 Å². The molecule has 94 valence electrons. The van der Waals surface area contributed by atoms with E-state index in [1.165, 1.54) is 27.6 Å². The lowest BCUT2D eigenvalue weighted by molar-refractivity contribution is 1.21. The minimum atomic E-state index is 0.957. The summed E-state index contributed by atoms with van der Waals surface area (Å²) in [4.78, 5) is 0. The van der Waals surface area contributed by atoms with Crippen LogP contribution in [0.1, 0.15) is 11.1 Å². The smallest absolute Gasteiger partial charge is 0.0379 e. The molecule has 3 aromatic carbocycles. The summed E-state index contributed by atoms with van der Waals surface area (Å²) in [6, 6.07) is 23.5. The van der Waals surface area contributed by atoms with Crippen molar-refractivity contribution < 1.29 is 0 Å². The Labute approximate surface area is 113 Å². The lowest BCUT2D eigenvalue weighted by Gasteiger charge is -2.13. The summed E-state index contributed by atoms with van der Waals surface area (Å²) < 4.78 is 0. The summed E-state index contributed by atoms with van der Waals surface area (Å²) in [6.45, 7) is 0. The van der Waals surface area contributed by atoms with Gasteiger partial charge in [-0.05, 0) is 28.0 Å². The van der Waals surface area contributed by atoms with E-state index in [1.807, 2.05) is 7.05 Å². The molecule has 0 spiro atoms. The van der Waals surface area contributed by atoms with Crippen LogP contribution in [-0.4, -0.2) is 7.05 Å². The first-order valence-electron chi connectivity index (χ1n) is 6.61. The average Bonchev–Trinajstić information content (AvgIpc) is 2.49. The predicted molar refractivity (Wildman–Crippen MR) is 82.7 cm³/mol. The van der Waals surface area contributed by atoms with Crippen molar-refractivity contribution in [2.45, 2.75) is 6.42 Å². The van der Waals surface area contributed by atoms with Gasteiger partial charge < -0.3 is 5.32 Å². The normalized spacial score (nSPS) is 10.6. The van der Waals surface area contributed by atoms with E-state index in [4.69, 9.17) is 0 Å². The van der Waals surface area contributed by atoms with Crippen LogP contribution in [0.4, 0.5) is 5.69 Å². The molecule has 0 aliphatic carbocycles. The van der Waals surface area contributed by atoms with E-state index >= 15 is 0 Å². The maximum absolute atomic E-state index is 3.31. The van der Waals surface area contributed by atoms with Crippen molar-refractivity contribution in [2.75, 3.05) is 12.4 Å². The maximum Gasteiger partial charge on any atom is 0.0379 e. The number of anilines is 1. The van der Waals surface area contributed by atoms with Gasteiger partial charge in [0.1, 0.15) is 0 Å². The highest BCUT2D eigenvalue weighted by molar-refractivity contribution is 5.90. The lowest BCUT2D eigenvalue weighted by Crippen LogP contribution is -1.98. The first kappa shape index (κ1) is 11.8. The van der Waals surface area contributed by atoms with Crippen LogP contribution >= 0.6 is 0 Å². The Bertz CT molecular complexity index is 686. The molecular weight excluding hydrogens is 230 g/mol. The second-order valence-corrected chi connectivity index (χ2v) is 4.73. The SMILES string of the molecule is CNc1ccc2ccccc2c1Cc1ccccc1. The molecule has 0 fully saturated rings. The van der Waals surface area contributed by atoms with Gasteiger partial charge in [0.2, 0.25) is 0 Å². The Morgan fingerprint density at radius 1 is 0.789 bits per heavy atom. The van der Waals surface area contributed by atoms with Gasteiger partial charge in [0, 0.05) is 19.2 Å². The van der Waals surface area contributed by atoms with Gasteiger partial charge in [0.15, 0.2) is 0 Å². The zero-order chi connectivity index (χ0) is 13.1. The summed E-state index contributed by atoms with van der Waals surface area (Å²) in [5.74, 6) is 0. The van der Waals surface area contributed by atoms with Crippen molar-refractivity contribution in [1.82, 2.24) is 0 Å². The van der Waals surface area contributed by atoms with E-state index in [2.05, 4.69) is 72.0 Å². The molecule has 1 nitrogen and oxygen atoms in total. The van der Waals surface area contributed by atoms with E-state index in [-0.39, 0.29) is 0 Å². The third kappa shape index (κ3) is 2.32. The van der Waals surface area contributed by atoms with Gasteiger partial charge >= 0.3 is 0 Å². The fourth-order valence-electron chi connectivity index (χ4n) is 2.56. The number of nitrogens with one attached hydrogen (secondary N) is 1. The Balaban J connectivity index is 2.15. The van der Waals surface area contributed by atoms with E-state index in [1.54, 1.807) is 0 Å². The molecular formula is C18H17N. The average molecular weight is 247 g/mol. The highest BCUT2D eigenvalue weighted by Gasteiger charge is 2.07. The highest BCUT2D eigenvalue weighted by Crippen LogP contribution is 2.28. The van der Waals surface area contributed by atoms with Crippen molar-refractivity contribution in [3.63, 3.8) is 0 Å². The van der Waals surface area contributed by atoms with Crippen LogP contribution in [0.3, 0.4) is 0 Å². The molecule has 0 atom stereocenters. The monoisotopic (exact) mass is 247 g/mol. The van der Waals surface area contributed by atoms with Crippen LogP contribution in [0, 0.1) is 0 Å². The van der Waals surface area contributed by atoms with Gasteiger partial charge in [-0.25, -0.2) is 0 Å². The largest absolute Gasteiger partial charge is 0.388 e. The second kappa shape index (κ2) is 5.15. The predicted octanol–water partition coefficient (Wildman–Crippen LogP) is 4.47. The van der Waals surface area contributed by atoms with Crippen LogP contribution in [-0.2, 0) is 6.42 Å². The summed E-state index contributed by atoms with van der Waals surface area (Å²) in [5.41, 5.74) is 3.92. The molecule has 1 N–H and O–H groups in total. The summed E-state index contributed by atoms with van der Waals surface area (Å²) in [6.07, 6.45) is 0.957. The van der Waals surface area contributed by atoms with E-state index in [9.17, 15) is 0 Å². The Morgan fingerprint density at radius 3 is 2.32 bits per heavy atom. The molecule has 0 aliphatic heterocycles. The number of hydrogen-bond acceptors (Lipinski definition) is 1. The molecule has 0 amide bonds. The minimum absolute atomic E-state index is 0.957. The van der Waals surface area contributed by atoms with Crippen LogP contribution in [0.2, 0.25) is 0 Å². The fourth-order valence-corrected chi connectivity index (χ4v) is 2.56. The quantitative estimate of drug-likeness (QED) is 0.720. The first-order chi connectivity index (χ1) is 9.38. The topological polar surface area (TPSA) is 12.0 Å². The van der Waals surface area contributed by atoms with Crippen molar-refractivity contribution in [2.24, 2.45) is 0 Å². The van der Waals surface area contributed by atoms with Crippen LogP contribution < -0.4 is 5.32 Å². The Morgan fingerprint density at radius 2 is 1.53 bits per heavy atom. The number of rotatable bonds is 3. The summed E-state index contributed by atoms with van der Waals surface area (Å²) in [5, 5.41) is 5.94. The number of fused-ring (bicyclic) bond motifs is 1. The zero-order valence-corrected chi connectivity index (χ0v) is 11.1. The van der Waals surface area contributed by atoms with Gasteiger partial charge in [-0.1, -0.05) is 60.7 Å². The fraction of sp³-hybridized carbons (Fsp3) is 0.111. The second-order valence-electron chi connectivity index (χ2n) is 4.73. The van der Waals surface area contributed by atoms with Crippen molar-refractivity contribution in [3.05, 3.63) is 77.9 Å². The summed E-state index contributed by atoms with van der Waals surface area (Å²) in [7, 11) is 1.98. The van der Waals surface area contributed by atoms with E-state index in [0.717, 1.165) is 6.42 Å². The van der Waals surface area contributed by atoms with Gasteiger partial charge in [-0.15, -0.1) is 0 Å². The number of hydrogen-bond donors (Lipinski definition) is 1. The molecule has 0 unspecified atom stereocenters. The first-order valence-corrected chi connectivity index (χ1v) is 6.61. The van der Waals surface area contributed by atoms with Crippen molar-refractivity contribution in [1.29, 1.82) is 0 Å². The lowest BCUT2D eigenvalue weighted by atomic mass is 9.96.